The van der Waals surface area contributed by atoms with E-state index in [2.05, 4.69) is 5.16 Å². The van der Waals surface area contributed by atoms with Gasteiger partial charge in [-0.15, -0.1) is 0 Å². The minimum absolute atomic E-state index is 0.110. The van der Waals surface area contributed by atoms with Crippen molar-refractivity contribution >= 4 is 11.4 Å². The standard InChI is InChI=1S/C11H16N2O/c1-8(2)14-13-9(3)10-4-6-11(12)7-5-10/h4-8H,12H2,1-3H3/b13-9+. The van der Waals surface area contributed by atoms with Crippen molar-refractivity contribution in [3.05, 3.63) is 29.8 Å². The van der Waals surface area contributed by atoms with Gasteiger partial charge in [-0.25, -0.2) is 0 Å². The number of nitrogens with two attached hydrogens (primary N) is 1. The number of anilines is 1. The van der Waals surface area contributed by atoms with E-state index in [1.807, 2.05) is 45.0 Å². The molecule has 0 fully saturated rings. The van der Waals surface area contributed by atoms with Crippen LogP contribution in [0.5, 0.6) is 0 Å². The first kappa shape index (κ1) is 10.6. The largest absolute Gasteiger partial charge is 0.399 e. The first-order valence-corrected chi connectivity index (χ1v) is 4.66. The molecule has 0 aliphatic rings. The molecule has 0 saturated heterocycles. The van der Waals surface area contributed by atoms with Gasteiger partial charge in [-0.2, -0.15) is 0 Å². The van der Waals surface area contributed by atoms with Crippen molar-refractivity contribution in [1.29, 1.82) is 0 Å². The summed E-state index contributed by atoms with van der Waals surface area (Å²) < 4.78 is 0. The lowest BCUT2D eigenvalue weighted by Crippen LogP contribution is -2.01. The van der Waals surface area contributed by atoms with E-state index in [0.717, 1.165) is 17.0 Å². The monoisotopic (exact) mass is 192 g/mol. The molecule has 3 heteroatoms. The fraction of sp³-hybridized carbons (Fsp3) is 0.364. The van der Waals surface area contributed by atoms with Gasteiger partial charge < -0.3 is 10.6 Å². The quantitative estimate of drug-likeness (QED) is 0.454. The smallest absolute Gasteiger partial charge is 0.122 e. The summed E-state index contributed by atoms with van der Waals surface area (Å²) in [7, 11) is 0. The second-order valence-corrected chi connectivity index (χ2v) is 3.45. The molecule has 1 aromatic carbocycles. The summed E-state index contributed by atoms with van der Waals surface area (Å²) in [6, 6.07) is 7.56. The van der Waals surface area contributed by atoms with Gasteiger partial charge in [-0.1, -0.05) is 17.3 Å². The zero-order chi connectivity index (χ0) is 10.6. The lowest BCUT2D eigenvalue weighted by Gasteiger charge is -2.04. The molecule has 2 N–H and O–H groups in total. The minimum atomic E-state index is 0.110. The molecule has 0 aromatic heterocycles. The molecular weight excluding hydrogens is 176 g/mol. The Morgan fingerprint density at radius 1 is 1.29 bits per heavy atom. The van der Waals surface area contributed by atoms with Crippen molar-refractivity contribution in [3.8, 4) is 0 Å². The Morgan fingerprint density at radius 2 is 1.86 bits per heavy atom. The first-order valence-electron chi connectivity index (χ1n) is 4.66. The van der Waals surface area contributed by atoms with Crippen LogP contribution in [0.25, 0.3) is 0 Å². The fourth-order valence-electron chi connectivity index (χ4n) is 0.961. The van der Waals surface area contributed by atoms with Gasteiger partial charge in [0.2, 0.25) is 0 Å². The van der Waals surface area contributed by atoms with Gasteiger partial charge in [0.25, 0.3) is 0 Å². The number of benzene rings is 1. The Kier molecular flexibility index (Phi) is 3.51. The lowest BCUT2D eigenvalue weighted by atomic mass is 10.1. The van der Waals surface area contributed by atoms with Crippen LogP contribution in [0.15, 0.2) is 29.4 Å². The van der Waals surface area contributed by atoms with Gasteiger partial charge in [-0.05, 0) is 38.5 Å². The van der Waals surface area contributed by atoms with Crippen LogP contribution in [0.1, 0.15) is 26.3 Å². The molecule has 0 amide bonds. The predicted molar refractivity (Wildman–Crippen MR) is 59.3 cm³/mol. The van der Waals surface area contributed by atoms with E-state index in [1.165, 1.54) is 0 Å². The normalized spacial score (nSPS) is 11.9. The number of hydrogen-bond acceptors (Lipinski definition) is 3. The van der Waals surface area contributed by atoms with Gasteiger partial charge in [0.05, 0.1) is 5.71 Å². The predicted octanol–water partition coefficient (Wildman–Crippen LogP) is 2.42. The summed E-state index contributed by atoms with van der Waals surface area (Å²) in [5.74, 6) is 0. The number of oxime groups is 1. The average molecular weight is 192 g/mol. The highest BCUT2D eigenvalue weighted by atomic mass is 16.6. The van der Waals surface area contributed by atoms with E-state index in [9.17, 15) is 0 Å². The first-order chi connectivity index (χ1) is 6.59. The number of hydrogen-bond donors (Lipinski definition) is 1. The highest BCUT2D eigenvalue weighted by Gasteiger charge is 1.98. The van der Waals surface area contributed by atoms with Gasteiger partial charge in [0.1, 0.15) is 6.10 Å². The summed E-state index contributed by atoms with van der Waals surface area (Å²) in [4.78, 5) is 5.14. The highest BCUT2D eigenvalue weighted by Crippen LogP contribution is 2.07. The third kappa shape index (κ3) is 3.09. The van der Waals surface area contributed by atoms with Crippen molar-refractivity contribution in [3.63, 3.8) is 0 Å². The Morgan fingerprint density at radius 3 is 2.36 bits per heavy atom. The van der Waals surface area contributed by atoms with Gasteiger partial charge >= 0.3 is 0 Å². The van der Waals surface area contributed by atoms with Crippen LogP contribution >= 0.6 is 0 Å². The summed E-state index contributed by atoms with van der Waals surface area (Å²) in [5.41, 5.74) is 8.22. The SMILES string of the molecule is C/C(=N\OC(C)C)c1ccc(N)cc1. The topological polar surface area (TPSA) is 47.6 Å². The molecular formula is C11H16N2O. The van der Waals surface area contributed by atoms with Crippen LogP contribution in [0.2, 0.25) is 0 Å². The molecule has 0 atom stereocenters. The summed E-state index contributed by atoms with van der Waals surface area (Å²) in [6.07, 6.45) is 0.110. The molecule has 1 rings (SSSR count). The van der Waals surface area contributed by atoms with Crippen LogP contribution in [-0.4, -0.2) is 11.8 Å². The van der Waals surface area contributed by atoms with Crippen LogP contribution in [0, 0.1) is 0 Å². The van der Waals surface area contributed by atoms with Crippen molar-refractivity contribution in [1.82, 2.24) is 0 Å². The molecule has 0 heterocycles. The van der Waals surface area contributed by atoms with E-state index in [1.54, 1.807) is 0 Å². The Hall–Kier alpha value is -1.51. The molecule has 76 valence electrons. The summed E-state index contributed by atoms with van der Waals surface area (Å²) >= 11 is 0. The van der Waals surface area contributed by atoms with E-state index in [-0.39, 0.29) is 6.10 Å². The molecule has 14 heavy (non-hydrogen) atoms. The van der Waals surface area contributed by atoms with Gasteiger partial charge in [0.15, 0.2) is 0 Å². The second-order valence-electron chi connectivity index (χ2n) is 3.45. The zero-order valence-electron chi connectivity index (χ0n) is 8.82. The molecule has 0 bridgehead atoms. The maximum absolute atomic E-state index is 5.58. The minimum Gasteiger partial charge on any atom is -0.399 e. The second kappa shape index (κ2) is 4.65. The van der Waals surface area contributed by atoms with E-state index in [0.29, 0.717) is 0 Å². The van der Waals surface area contributed by atoms with Gasteiger partial charge in [0, 0.05) is 5.69 Å². The Labute approximate surface area is 84.6 Å². The van der Waals surface area contributed by atoms with Crippen molar-refractivity contribution in [2.75, 3.05) is 5.73 Å². The molecule has 0 spiro atoms. The third-order valence-corrected chi connectivity index (χ3v) is 1.73. The lowest BCUT2D eigenvalue weighted by molar-refractivity contribution is 0.0860. The summed E-state index contributed by atoms with van der Waals surface area (Å²) in [6.45, 7) is 5.80. The average Bonchev–Trinajstić information content (AvgIpc) is 2.15. The Bertz CT molecular complexity index is 315. The van der Waals surface area contributed by atoms with Crippen LogP contribution in [0.3, 0.4) is 0 Å². The number of nitrogen functional groups attached to an aromatic ring is 1. The van der Waals surface area contributed by atoms with Crippen LogP contribution < -0.4 is 5.73 Å². The van der Waals surface area contributed by atoms with Gasteiger partial charge in [-0.3, -0.25) is 0 Å². The van der Waals surface area contributed by atoms with E-state index in [4.69, 9.17) is 10.6 Å². The van der Waals surface area contributed by atoms with Crippen molar-refractivity contribution < 1.29 is 4.84 Å². The zero-order valence-corrected chi connectivity index (χ0v) is 8.82. The molecule has 0 aliphatic heterocycles. The maximum Gasteiger partial charge on any atom is 0.122 e. The number of nitrogens with zero attached hydrogens (tertiary/aromatic N) is 1. The molecule has 0 saturated carbocycles. The maximum atomic E-state index is 5.58. The third-order valence-electron chi connectivity index (χ3n) is 1.73. The van der Waals surface area contributed by atoms with E-state index < -0.39 is 0 Å². The molecule has 0 unspecified atom stereocenters. The molecule has 1 aromatic rings. The van der Waals surface area contributed by atoms with Crippen molar-refractivity contribution in [2.24, 2.45) is 5.16 Å². The van der Waals surface area contributed by atoms with Crippen LogP contribution in [0.4, 0.5) is 5.69 Å². The Balaban J connectivity index is 2.73. The fourth-order valence-corrected chi connectivity index (χ4v) is 0.961. The molecule has 0 radical (unpaired) electrons. The van der Waals surface area contributed by atoms with E-state index >= 15 is 0 Å². The van der Waals surface area contributed by atoms with Crippen molar-refractivity contribution in [2.45, 2.75) is 26.9 Å². The molecule has 0 aliphatic carbocycles. The summed E-state index contributed by atoms with van der Waals surface area (Å²) in [5, 5.41) is 4.00. The van der Waals surface area contributed by atoms with Crippen LogP contribution in [-0.2, 0) is 4.84 Å². The number of rotatable bonds is 3. The highest BCUT2D eigenvalue weighted by molar-refractivity contribution is 5.98. The molecule has 3 nitrogen and oxygen atoms in total.